The first-order chi connectivity index (χ1) is 9.06. The maximum atomic E-state index is 10.3. The number of carbonyl (C=O) groups is 2. The molecule has 0 unspecified atom stereocenters. The molecule has 0 spiro atoms. The van der Waals surface area contributed by atoms with E-state index in [4.69, 9.17) is 4.79 Å². The van der Waals surface area contributed by atoms with Crippen LogP contribution in [0.25, 0.3) is 0 Å². The molecule has 0 fully saturated rings. The van der Waals surface area contributed by atoms with Gasteiger partial charge in [-0.05, 0) is 31.7 Å². The highest BCUT2D eigenvalue weighted by Crippen LogP contribution is 2.25. The van der Waals surface area contributed by atoms with Gasteiger partial charge in [-0.25, -0.2) is 0 Å². The largest absolute Gasteiger partial charge is 0.359 e. The Kier molecular flexibility index (Phi) is 13.3. The Morgan fingerprint density at radius 1 is 1.42 bits per heavy atom. The maximum Gasteiger partial charge on any atom is 0.219 e. The minimum Gasteiger partial charge on any atom is -0.359 e. The van der Waals surface area contributed by atoms with Crippen molar-refractivity contribution in [3.8, 4) is 0 Å². The van der Waals surface area contributed by atoms with Crippen molar-refractivity contribution in [2.75, 3.05) is 7.05 Å². The Morgan fingerprint density at radius 3 is 2.26 bits per heavy atom. The molecule has 4 nitrogen and oxygen atoms in total. The number of hydrogen-bond acceptors (Lipinski definition) is 4. The monoisotopic (exact) mass is 282 g/mol. The van der Waals surface area contributed by atoms with Gasteiger partial charge < -0.3 is 10.1 Å². The Balaban J connectivity index is 0. The van der Waals surface area contributed by atoms with Crippen molar-refractivity contribution in [2.24, 2.45) is 4.99 Å². The number of aryl methyl sites for hydroxylation is 1. The van der Waals surface area contributed by atoms with Crippen molar-refractivity contribution >= 4 is 37.7 Å². The van der Waals surface area contributed by atoms with E-state index >= 15 is 0 Å². The number of aliphatic imine (C=N–C) groups is 1. The minimum atomic E-state index is 0.127. The summed E-state index contributed by atoms with van der Waals surface area (Å²) in [6, 6.07) is 5.84. The molecule has 0 aromatic heterocycles. The minimum absolute atomic E-state index is 0.127. The summed E-state index contributed by atoms with van der Waals surface area (Å²) < 4.78 is 0. The van der Waals surface area contributed by atoms with Crippen LogP contribution in [0.1, 0.15) is 25.3 Å². The summed E-state index contributed by atoms with van der Waals surface area (Å²) in [4.78, 5) is 23.0. The van der Waals surface area contributed by atoms with Crippen molar-refractivity contribution in [3.63, 3.8) is 0 Å². The molecule has 1 N–H and O–H groups in total. The lowest BCUT2D eigenvalue weighted by Crippen LogP contribution is -2.16. The highest BCUT2D eigenvalue weighted by Gasteiger charge is 1.96. The van der Waals surface area contributed by atoms with Crippen molar-refractivity contribution in [2.45, 2.75) is 31.6 Å². The van der Waals surface area contributed by atoms with Gasteiger partial charge in [0.05, 0.1) is 5.69 Å². The van der Waals surface area contributed by atoms with Gasteiger partial charge in [0.2, 0.25) is 5.91 Å². The van der Waals surface area contributed by atoms with E-state index < -0.39 is 0 Å². The molecule has 0 saturated carbocycles. The van der Waals surface area contributed by atoms with E-state index in [2.05, 4.69) is 29.7 Å². The molecule has 1 aromatic carbocycles. The molecular formula is C14H22N2O2S. The van der Waals surface area contributed by atoms with E-state index in [1.54, 1.807) is 7.05 Å². The number of amides is 1. The molecule has 1 aromatic rings. The van der Waals surface area contributed by atoms with Gasteiger partial charge in [0.25, 0.3) is 0 Å². The quantitative estimate of drug-likeness (QED) is 0.661. The summed E-state index contributed by atoms with van der Waals surface area (Å²) in [6.45, 7) is 9.42. The van der Waals surface area contributed by atoms with Gasteiger partial charge in [-0.1, -0.05) is 19.1 Å². The van der Waals surface area contributed by atoms with Crippen LogP contribution in [0.2, 0.25) is 0 Å². The number of hydrogen-bond donors (Lipinski definition) is 2. The Bertz CT molecular complexity index is 375. The Hall–Kier alpha value is -1.62. The molecule has 106 valence electrons. The third-order valence-electron chi connectivity index (χ3n) is 2.13. The summed E-state index contributed by atoms with van der Waals surface area (Å²) in [5.41, 5.74) is 1.99. The van der Waals surface area contributed by atoms with Crippen LogP contribution in [0.5, 0.6) is 0 Å². The molecule has 0 atom stereocenters. The van der Waals surface area contributed by atoms with Crippen LogP contribution < -0.4 is 5.32 Å². The van der Waals surface area contributed by atoms with Gasteiger partial charge in [0.15, 0.2) is 0 Å². The average Bonchev–Trinajstić information content (AvgIpc) is 2.42. The molecule has 0 bridgehead atoms. The van der Waals surface area contributed by atoms with Crippen LogP contribution in [-0.2, 0) is 9.59 Å². The van der Waals surface area contributed by atoms with Crippen molar-refractivity contribution in [3.05, 3.63) is 23.8 Å². The fourth-order valence-electron chi connectivity index (χ4n) is 1.20. The van der Waals surface area contributed by atoms with Gasteiger partial charge in [0, 0.05) is 18.4 Å². The molecule has 5 heteroatoms. The Morgan fingerprint density at radius 2 is 2.00 bits per heavy atom. The topological polar surface area (TPSA) is 58.5 Å². The zero-order chi connectivity index (χ0) is 15.3. The smallest absolute Gasteiger partial charge is 0.219 e. The van der Waals surface area contributed by atoms with Crippen LogP contribution >= 0.6 is 12.6 Å². The Labute approximate surface area is 120 Å². The number of nitrogens with zero attached hydrogens (tertiary/aromatic N) is 1. The van der Waals surface area contributed by atoms with Gasteiger partial charge in [-0.2, -0.15) is 0 Å². The van der Waals surface area contributed by atoms with Crippen LogP contribution in [0.3, 0.4) is 0 Å². The number of thiol groups is 1. The summed E-state index contributed by atoms with van der Waals surface area (Å²) >= 11 is 4.21. The molecule has 0 radical (unpaired) electrons. The maximum absolute atomic E-state index is 10.3. The van der Waals surface area contributed by atoms with Gasteiger partial charge in [-0.3, -0.25) is 9.79 Å². The summed E-state index contributed by atoms with van der Waals surface area (Å²) in [6.07, 6.45) is 1.58. The van der Waals surface area contributed by atoms with Crippen molar-refractivity contribution in [1.82, 2.24) is 5.32 Å². The molecule has 1 amide bonds. The molecule has 0 saturated heterocycles. The van der Waals surface area contributed by atoms with Gasteiger partial charge in [-0.15, -0.1) is 12.6 Å². The van der Waals surface area contributed by atoms with Gasteiger partial charge in [0.1, 0.15) is 6.79 Å². The number of benzene rings is 1. The second kappa shape index (κ2) is 12.8. The molecule has 0 aliphatic rings. The van der Waals surface area contributed by atoms with E-state index in [0.717, 1.165) is 22.6 Å². The van der Waals surface area contributed by atoms with Crippen molar-refractivity contribution < 1.29 is 9.59 Å². The molecule has 0 aliphatic carbocycles. The van der Waals surface area contributed by atoms with E-state index in [-0.39, 0.29) is 5.91 Å². The van der Waals surface area contributed by atoms with E-state index in [1.807, 2.05) is 38.8 Å². The molecule has 0 aliphatic heterocycles. The predicted molar refractivity (Wildman–Crippen MR) is 83.7 cm³/mol. The van der Waals surface area contributed by atoms with E-state index in [0.29, 0.717) is 6.42 Å². The first-order valence-electron chi connectivity index (χ1n) is 5.81. The van der Waals surface area contributed by atoms with Crippen LogP contribution in [-0.4, -0.2) is 26.5 Å². The number of para-hydroxylation sites is 1. The molecule has 1 rings (SSSR count). The lowest BCUT2D eigenvalue weighted by molar-refractivity contribution is -0.120. The zero-order valence-electron chi connectivity index (χ0n) is 11.8. The SMILES string of the molecule is C=Nc1c(C)cccc1S.C=O.CCCC(=O)NC. The first kappa shape index (κ1) is 19.7. The summed E-state index contributed by atoms with van der Waals surface area (Å²) in [5, 5.41) is 2.53. The third kappa shape index (κ3) is 9.02. The summed E-state index contributed by atoms with van der Waals surface area (Å²) in [7, 11) is 1.65. The average molecular weight is 282 g/mol. The summed E-state index contributed by atoms with van der Waals surface area (Å²) in [5.74, 6) is 0.127. The zero-order valence-corrected chi connectivity index (χ0v) is 12.7. The van der Waals surface area contributed by atoms with Crippen LogP contribution in [0.15, 0.2) is 28.1 Å². The molecule has 0 heterocycles. The predicted octanol–water partition coefficient (Wildman–Crippen LogP) is 2.96. The number of nitrogens with one attached hydrogen (secondary N) is 1. The molecular weight excluding hydrogens is 260 g/mol. The number of rotatable bonds is 3. The second-order valence-electron chi connectivity index (χ2n) is 3.52. The highest BCUT2D eigenvalue weighted by molar-refractivity contribution is 7.80. The fraction of sp³-hybridized carbons (Fsp3) is 0.357. The van der Waals surface area contributed by atoms with Crippen LogP contribution in [0, 0.1) is 6.92 Å². The van der Waals surface area contributed by atoms with Crippen molar-refractivity contribution in [1.29, 1.82) is 0 Å². The first-order valence-corrected chi connectivity index (χ1v) is 6.26. The number of carbonyl (C=O) groups excluding carboxylic acids is 2. The van der Waals surface area contributed by atoms with Gasteiger partial charge >= 0.3 is 0 Å². The highest BCUT2D eigenvalue weighted by atomic mass is 32.1. The van der Waals surface area contributed by atoms with E-state index in [9.17, 15) is 4.79 Å². The molecule has 19 heavy (non-hydrogen) atoms. The van der Waals surface area contributed by atoms with Crippen LogP contribution in [0.4, 0.5) is 5.69 Å². The third-order valence-corrected chi connectivity index (χ3v) is 2.49. The standard InChI is InChI=1S/C8H9NS.C5H11NO.CH2O/c1-6-4-3-5-7(10)8(6)9-2;1-3-4-5(7)6-2;1-2/h3-5,10H,2H2,1H3;3-4H2,1-2H3,(H,6,7);1H2. The lowest BCUT2D eigenvalue weighted by atomic mass is 10.2. The lowest BCUT2D eigenvalue weighted by Gasteiger charge is -2.00. The van der Waals surface area contributed by atoms with E-state index in [1.165, 1.54) is 0 Å². The normalized spacial score (nSPS) is 8.21. The fourth-order valence-corrected chi connectivity index (χ4v) is 1.53. The second-order valence-corrected chi connectivity index (χ2v) is 4.01.